The SMILES string of the molecule is CCCC(C)(N)C(=O)OC1CCCC(CC)C1. The molecular weight excluding hydrogens is 214 g/mol. The number of ether oxygens (including phenoxy) is 1. The van der Waals surface area contributed by atoms with Gasteiger partial charge in [0.1, 0.15) is 11.6 Å². The number of hydrogen-bond acceptors (Lipinski definition) is 3. The molecule has 0 bridgehead atoms. The Hall–Kier alpha value is -0.570. The van der Waals surface area contributed by atoms with Crippen molar-refractivity contribution in [1.82, 2.24) is 0 Å². The van der Waals surface area contributed by atoms with Gasteiger partial charge in [-0.05, 0) is 38.5 Å². The van der Waals surface area contributed by atoms with Gasteiger partial charge in [-0.25, -0.2) is 0 Å². The van der Waals surface area contributed by atoms with Gasteiger partial charge in [0.05, 0.1) is 0 Å². The van der Waals surface area contributed by atoms with E-state index in [9.17, 15) is 4.79 Å². The van der Waals surface area contributed by atoms with Crippen LogP contribution in [0.5, 0.6) is 0 Å². The molecule has 0 amide bonds. The topological polar surface area (TPSA) is 52.3 Å². The normalized spacial score (nSPS) is 28.5. The van der Waals surface area contributed by atoms with Crippen molar-refractivity contribution >= 4 is 5.97 Å². The molecule has 0 aromatic carbocycles. The Bertz CT molecular complexity index is 251. The summed E-state index contributed by atoms with van der Waals surface area (Å²) in [5, 5.41) is 0. The van der Waals surface area contributed by atoms with Gasteiger partial charge in [0, 0.05) is 0 Å². The molecule has 3 atom stereocenters. The first-order valence-electron chi connectivity index (χ1n) is 6.99. The lowest BCUT2D eigenvalue weighted by Crippen LogP contribution is -2.47. The quantitative estimate of drug-likeness (QED) is 0.753. The fraction of sp³-hybridized carbons (Fsp3) is 0.929. The molecule has 1 aliphatic carbocycles. The highest BCUT2D eigenvalue weighted by atomic mass is 16.5. The summed E-state index contributed by atoms with van der Waals surface area (Å²) < 4.78 is 5.58. The molecule has 0 aliphatic heterocycles. The van der Waals surface area contributed by atoms with Gasteiger partial charge in [-0.2, -0.15) is 0 Å². The summed E-state index contributed by atoms with van der Waals surface area (Å²) in [6.45, 7) is 6.02. The van der Waals surface area contributed by atoms with Crippen LogP contribution in [0.2, 0.25) is 0 Å². The molecule has 1 fully saturated rings. The zero-order chi connectivity index (χ0) is 12.9. The average Bonchev–Trinajstić information content (AvgIpc) is 2.29. The first-order chi connectivity index (χ1) is 7.99. The molecule has 0 radical (unpaired) electrons. The van der Waals surface area contributed by atoms with Gasteiger partial charge >= 0.3 is 5.97 Å². The van der Waals surface area contributed by atoms with Crippen molar-refractivity contribution in [3.63, 3.8) is 0 Å². The molecule has 2 N–H and O–H groups in total. The summed E-state index contributed by atoms with van der Waals surface area (Å²) in [6.07, 6.45) is 7.35. The second-order valence-corrected chi connectivity index (χ2v) is 5.64. The molecule has 1 rings (SSSR count). The summed E-state index contributed by atoms with van der Waals surface area (Å²) >= 11 is 0. The van der Waals surface area contributed by atoms with E-state index in [0.29, 0.717) is 6.42 Å². The minimum atomic E-state index is -0.812. The van der Waals surface area contributed by atoms with Gasteiger partial charge in [0.2, 0.25) is 0 Å². The van der Waals surface area contributed by atoms with Crippen LogP contribution in [0.4, 0.5) is 0 Å². The van der Waals surface area contributed by atoms with Crippen LogP contribution in [0, 0.1) is 5.92 Å². The van der Waals surface area contributed by atoms with E-state index in [1.165, 1.54) is 19.3 Å². The van der Waals surface area contributed by atoms with Gasteiger partial charge in [-0.15, -0.1) is 0 Å². The largest absolute Gasteiger partial charge is 0.461 e. The Morgan fingerprint density at radius 3 is 2.71 bits per heavy atom. The van der Waals surface area contributed by atoms with Crippen LogP contribution in [0.1, 0.15) is 65.7 Å². The number of hydrogen-bond donors (Lipinski definition) is 1. The molecule has 17 heavy (non-hydrogen) atoms. The van der Waals surface area contributed by atoms with Gasteiger partial charge in [-0.1, -0.05) is 33.1 Å². The predicted octanol–water partition coefficient (Wildman–Crippen LogP) is 3.02. The molecule has 0 spiro atoms. The molecule has 3 unspecified atom stereocenters. The maximum absolute atomic E-state index is 12.0. The van der Waals surface area contributed by atoms with Crippen molar-refractivity contribution in [3.8, 4) is 0 Å². The molecule has 0 heterocycles. The van der Waals surface area contributed by atoms with Gasteiger partial charge in [0.25, 0.3) is 0 Å². The summed E-state index contributed by atoms with van der Waals surface area (Å²) in [6, 6.07) is 0. The Labute approximate surface area is 105 Å². The lowest BCUT2D eigenvalue weighted by atomic mass is 9.85. The maximum atomic E-state index is 12.0. The number of carbonyl (C=O) groups excluding carboxylic acids is 1. The highest BCUT2D eigenvalue weighted by Gasteiger charge is 2.32. The fourth-order valence-corrected chi connectivity index (χ4v) is 2.63. The Morgan fingerprint density at radius 1 is 1.41 bits per heavy atom. The number of rotatable bonds is 5. The van der Waals surface area contributed by atoms with Crippen LogP contribution in [-0.4, -0.2) is 17.6 Å². The van der Waals surface area contributed by atoms with Crippen LogP contribution >= 0.6 is 0 Å². The lowest BCUT2D eigenvalue weighted by molar-refractivity contribution is -0.157. The highest BCUT2D eigenvalue weighted by molar-refractivity contribution is 5.80. The van der Waals surface area contributed by atoms with Crippen molar-refractivity contribution < 1.29 is 9.53 Å². The maximum Gasteiger partial charge on any atom is 0.326 e. The average molecular weight is 241 g/mol. The van der Waals surface area contributed by atoms with Gasteiger partial charge in [0.15, 0.2) is 0 Å². The zero-order valence-corrected chi connectivity index (χ0v) is 11.5. The molecule has 100 valence electrons. The van der Waals surface area contributed by atoms with Crippen LogP contribution < -0.4 is 5.73 Å². The van der Waals surface area contributed by atoms with Crippen molar-refractivity contribution in [1.29, 1.82) is 0 Å². The summed E-state index contributed by atoms with van der Waals surface area (Å²) in [7, 11) is 0. The van der Waals surface area contributed by atoms with Gasteiger partial charge in [-0.3, -0.25) is 4.79 Å². The number of carbonyl (C=O) groups is 1. The molecule has 0 aromatic heterocycles. The zero-order valence-electron chi connectivity index (χ0n) is 11.5. The molecule has 1 aliphatic rings. The molecule has 3 heteroatoms. The van der Waals surface area contributed by atoms with Crippen molar-refractivity contribution in [3.05, 3.63) is 0 Å². The summed E-state index contributed by atoms with van der Waals surface area (Å²) in [5.74, 6) is 0.498. The van der Waals surface area contributed by atoms with Crippen LogP contribution in [0.25, 0.3) is 0 Å². The molecule has 3 nitrogen and oxygen atoms in total. The second-order valence-electron chi connectivity index (χ2n) is 5.64. The van der Waals surface area contributed by atoms with Gasteiger partial charge < -0.3 is 10.5 Å². The molecule has 0 saturated heterocycles. The van der Waals surface area contributed by atoms with E-state index < -0.39 is 5.54 Å². The van der Waals surface area contributed by atoms with Crippen LogP contribution in [0.15, 0.2) is 0 Å². The van der Waals surface area contributed by atoms with E-state index in [1.54, 1.807) is 6.92 Å². The van der Waals surface area contributed by atoms with Crippen molar-refractivity contribution in [2.45, 2.75) is 77.4 Å². The lowest BCUT2D eigenvalue weighted by Gasteiger charge is -2.31. The third-order valence-electron chi connectivity index (χ3n) is 3.82. The Kier molecular flexibility index (Phi) is 5.44. The van der Waals surface area contributed by atoms with Crippen LogP contribution in [0.3, 0.4) is 0 Å². The monoisotopic (exact) mass is 241 g/mol. The third-order valence-corrected chi connectivity index (χ3v) is 3.82. The van der Waals surface area contributed by atoms with Crippen molar-refractivity contribution in [2.24, 2.45) is 11.7 Å². The third kappa shape index (κ3) is 4.30. The summed E-state index contributed by atoms with van der Waals surface area (Å²) in [4.78, 5) is 12.0. The van der Waals surface area contributed by atoms with E-state index in [1.807, 2.05) is 6.92 Å². The highest BCUT2D eigenvalue weighted by Crippen LogP contribution is 2.29. The van der Waals surface area contributed by atoms with E-state index in [-0.39, 0.29) is 12.1 Å². The van der Waals surface area contributed by atoms with Crippen LogP contribution in [-0.2, 0) is 9.53 Å². The van der Waals surface area contributed by atoms with E-state index in [4.69, 9.17) is 10.5 Å². The number of esters is 1. The number of nitrogens with two attached hydrogens (primary N) is 1. The predicted molar refractivity (Wildman–Crippen MR) is 69.6 cm³/mol. The minimum absolute atomic E-state index is 0.0981. The standard InChI is InChI=1S/C14H27NO2/c1-4-9-14(3,15)13(16)17-12-8-6-7-11(5-2)10-12/h11-12H,4-10,15H2,1-3H3. The smallest absolute Gasteiger partial charge is 0.326 e. The first-order valence-corrected chi connectivity index (χ1v) is 6.99. The molecule has 0 aromatic rings. The van der Waals surface area contributed by atoms with Crippen molar-refractivity contribution in [2.75, 3.05) is 0 Å². The molecular formula is C14H27NO2. The molecule has 1 saturated carbocycles. The minimum Gasteiger partial charge on any atom is -0.461 e. The Morgan fingerprint density at radius 2 is 2.12 bits per heavy atom. The summed E-state index contributed by atoms with van der Waals surface area (Å²) in [5.41, 5.74) is 5.17. The Balaban J connectivity index is 2.45. The fourth-order valence-electron chi connectivity index (χ4n) is 2.63. The van der Waals surface area contributed by atoms with E-state index in [0.717, 1.165) is 25.2 Å². The second kappa shape index (κ2) is 6.39. The van der Waals surface area contributed by atoms with E-state index in [2.05, 4.69) is 6.92 Å². The first kappa shape index (κ1) is 14.5. The van der Waals surface area contributed by atoms with E-state index >= 15 is 0 Å².